The minimum Gasteiger partial charge on any atom is -0.477 e. The second-order valence-electron chi connectivity index (χ2n) is 4.33. The predicted octanol–water partition coefficient (Wildman–Crippen LogP) is 2.57. The van der Waals surface area contributed by atoms with Crippen LogP contribution >= 0.6 is 11.8 Å². The van der Waals surface area contributed by atoms with Gasteiger partial charge in [-0.1, -0.05) is 26.0 Å². The number of rotatable bonds is 4. The zero-order valence-corrected chi connectivity index (χ0v) is 11.4. The standard InChI is InChI=1S/C13H14N2O3S/c1-7(2)19-9-5-3-8(4-6-9)11-10(13(17)18)12(16)15-14-11/h3-7H,1-2H3,(H,17,18)(H2,14,15,16). The predicted molar refractivity (Wildman–Crippen MR) is 74.8 cm³/mol. The van der Waals surface area contributed by atoms with E-state index in [9.17, 15) is 9.59 Å². The highest BCUT2D eigenvalue weighted by atomic mass is 32.2. The summed E-state index contributed by atoms with van der Waals surface area (Å²) in [6.07, 6.45) is 0. The zero-order valence-electron chi connectivity index (χ0n) is 10.6. The van der Waals surface area contributed by atoms with Gasteiger partial charge in [0.1, 0.15) is 0 Å². The van der Waals surface area contributed by atoms with Crippen LogP contribution < -0.4 is 5.56 Å². The molecule has 0 aliphatic carbocycles. The fourth-order valence-electron chi connectivity index (χ4n) is 1.75. The molecule has 0 amide bonds. The van der Waals surface area contributed by atoms with Crippen molar-refractivity contribution in [3.8, 4) is 11.3 Å². The van der Waals surface area contributed by atoms with Gasteiger partial charge in [0.2, 0.25) is 0 Å². The van der Waals surface area contributed by atoms with Crippen molar-refractivity contribution in [3.63, 3.8) is 0 Å². The third-order valence-corrected chi connectivity index (χ3v) is 3.52. The van der Waals surface area contributed by atoms with Gasteiger partial charge >= 0.3 is 5.97 Å². The lowest BCUT2D eigenvalue weighted by molar-refractivity contribution is 0.0696. The van der Waals surface area contributed by atoms with E-state index in [-0.39, 0.29) is 5.56 Å². The molecule has 1 heterocycles. The molecule has 2 aromatic rings. The van der Waals surface area contributed by atoms with E-state index in [4.69, 9.17) is 5.11 Å². The first-order valence-corrected chi connectivity index (χ1v) is 6.68. The minimum absolute atomic E-state index is 0.260. The van der Waals surface area contributed by atoms with E-state index in [2.05, 4.69) is 24.0 Å². The number of benzene rings is 1. The van der Waals surface area contributed by atoms with Crippen LogP contribution in [0.3, 0.4) is 0 Å². The van der Waals surface area contributed by atoms with Crippen LogP contribution in [0.4, 0.5) is 0 Å². The van der Waals surface area contributed by atoms with Gasteiger partial charge in [0.15, 0.2) is 5.56 Å². The number of thioether (sulfide) groups is 1. The van der Waals surface area contributed by atoms with Gasteiger partial charge in [0, 0.05) is 15.7 Å². The smallest absolute Gasteiger partial charge is 0.343 e. The Morgan fingerprint density at radius 2 is 1.84 bits per heavy atom. The molecule has 2 rings (SSSR count). The van der Waals surface area contributed by atoms with Crippen LogP contribution in [-0.2, 0) is 0 Å². The van der Waals surface area contributed by atoms with Crippen LogP contribution in [0.25, 0.3) is 11.3 Å². The second-order valence-corrected chi connectivity index (χ2v) is 5.98. The number of aromatic carboxylic acids is 1. The Balaban J connectivity index is 2.38. The molecule has 19 heavy (non-hydrogen) atoms. The van der Waals surface area contributed by atoms with Gasteiger partial charge in [-0.2, -0.15) is 0 Å². The summed E-state index contributed by atoms with van der Waals surface area (Å²) in [6, 6.07) is 7.43. The molecule has 0 saturated heterocycles. The summed E-state index contributed by atoms with van der Waals surface area (Å²) in [7, 11) is 0. The fourth-order valence-corrected chi connectivity index (χ4v) is 2.59. The molecule has 0 radical (unpaired) electrons. The summed E-state index contributed by atoms with van der Waals surface area (Å²) >= 11 is 1.72. The minimum atomic E-state index is -1.24. The van der Waals surface area contributed by atoms with Crippen molar-refractivity contribution in [2.24, 2.45) is 0 Å². The molecule has 0 atom stereocenters. The quantitative estimate of drug-likeness (QED) is 0.750. The lowest BCUT2D eigenvalue weighted by Gasteiger charge is -2.05. The van der Waals surface area contributed by atoms with Gasteiger partial charge in [0.05, 0.1) is 5.69 Å². The molecule has 0 bridgehead atoms. The number of nitrogens with one attached hydrogen (secondary N) is 2. The highest BCUT2D eigenvalue weighted by Gasteiger charge is 2.18. The van der Waals surface area contributed by atoms with Crippen LogP contribution in [0, 0.1) is 0 Å². The Hall–Kier alpha value is -1.95. The number of H-pyrrole nitrogens is 2. The number of carbonyl (C=O) groups is 1. The largest absolute Gasteiger partial charge is 0.477 e. The molecular weight excluding hydrogens is 264 g/mol. The average Bonchev–Trinajstić information content (AvgIpc) is 2.71. The van der Waals surface area contributed by atoms with Crippen molar-refractivity contribution < 1.29 is 9.90 Å². The van der Waals surface area contributed by atoms with Crippen LogP contribution in [0.2, 0.25) is 0 Å². The molecule has 6 heteroatoms. The monoisotopic (exact) mass is 278 g/mol. The Labute approximate surface area is 114 Å². The first-order valence-electron chi connectivity index (χ1n) is 5.80. The van der Waals surface area contributed by atoms with Gasteiger partial charge < -0.3 is 5.11 Å². The van der Waals surface area contributed by atoms with Crippen molar-refractivity contribution >= 4 is 17.7 Å². The van der Waals surface area contributed by atoms with E-state index >= 15 is 0 Å². The highest BCUT2D eigenvalue weighted by molar-refractivity contribution is 7.99. The van der Waals surface area contributed by atoms with Gasteiger partial charge in [-0.05, 0) is 12.1 Å². The van der Waals surface area contributed by atoms with E-state index in [1.807, 2.05) is 12.1 Å². The number of aromatic amines is 2. The molecule has 1 aromatic heterocycles. The molecule has 1 aromatic carbocycles. The molecule has 0 aliphatic rings. The molecule has 0 fully saturated rings. The highest BCUT2D eigenvalue weighted by Crippen LogP contribution is 2.26. The lowest BCUT2D eigenvalue weighted by atomic mass is 10.1. The Bertz CT molecular complexity index is 641. The van der Waals surface area contributed by atoms with Crippen LogP contribution in [0.1, 0.15) is 24.2 Å². The normalized spacial score (nSPS) is 10.9. The first kappa shape index (κ1) is 13.5. The lowest BCUT2D eigenvalue weighted by Crippen LogP contribution is -2.12. The van der Waals surface area contributed by atoms with Crippen LogP contribution in [0.5, 0.6) is 0 Å². The molecule has 5 nitrogen and oxygen atoms in total. The molecule has 3 N–H and O–H groups in total. The van der Waals surface area contributed by atoms with E-state index in [0.717, 1.165) is 4.90 Å². The van der Waals surface area contributed by atoms with Crippen LogP contribution in [-0.4, -0.2) is 26.5 Å². The maximum absolute atomic E-state index is 11.4. The van der Waals surface area contributed by atoms with Gasteiger partial charge in [0.25, 0.3) is 5.56 Å². The van der Waals surface area contributed by atoms with Crippen molar-refractivity contribution in [3.05, 3.63) is 40.2 Å². The fraction of sp³-hybridized carbons (Fsp3) is 0.231. The van der Waals surface area contributed by atoms with E-state index in [1.54, 1.807) is 23.9 Å². The maximum atomic E-state index is 11.4. The van der Waals surface area contributed by atoms with E-state index < -0.39 is 11.5 Å². The zero-order chi connectivity index (χ0) is 14.0. The number of carboxylic acids is 1. The number of aromatic nitrogens is 2. The van der Waals surface area contributed by atoms with Crippen molar-refractivity contribution in [2.75, 3.05) is 0 Å². The molecule has 100 valence electrons. The Morgan fingerprint density at radius 1 is 1.21 bits per heavy atom. The third-order valence-electron chi connectivity index (χ3n) is 2.51. The van der Waals surface area contributed by atoms with Crippen molar-refractivity contribution in [2.45, 2.75) is 24.0 Å². The molecule has 0 saturated carbocycles. The summed E-state index contributed by atoms with van der Waals surface area (Å²) in [4.78, 5) is 23.5. The third kappa shape index (κ3) is 2.90. The number of hydrogen-bond acceptors (Lipinski definition) is 3. The average molecular weight is 278 g/mol. The molecular formula is C13H14N2O3S. The second kappa shape index (κ2) is 5.36. The summed E-state index contributed by atoms with van der Waals surface area (Å²) in [5, 5.41) is 14.4. The van der Waals surface area contributed by atoms with Crippen LogP contribution in [0.15, 0.2) is 34.0 Å². The summed E-state index contributed by atoms with van der Waals surface area (Å²) in [5.74, 6) is -1.24. The Kier molecular flexibility index (Phi) is 3.80. The number of carboxylic acid groups (broad SMARTS) is 1. The summed E-state index contributed by atoms with van der Waals surface area (Å²) in [5.41, 5.74) is 0.0925. The van der Waals surface area contributed by atoms with E-state index in [1.165, 1.54) is 0 Å². The Morgan fingerprint density at radius 3 is 2.37 bits per heavy atom. The van der Waals surface area contributed by atoms with Gasteiger partial charge in [-0.15, -0.1) is 11.8 Å². The first-order chi connectivity index (χ1) is 8.99. The van der Waals surface area contributed by atoms with Gasteiger partial charge in [-0.25, -0.2) is 4.79 Å². The molecule has 0 unspecified atom stereocenters. The maximum Gasteiger partial charge on any atom is 0.343 e. The van der Waals surface area contributed by atoms with Crippen molar-refractivity contribution in [1.29, 1.82) is 0 Å². The van der Waals surface area contributed by atoms with Gasteiger partial charge in [-0.3, -0.25) is 15.0 Å². The molecule has 0 aliphatic heterocycles. The SMILES string of the molecule is CC(C)Sc1ccc(-c2[nH][nH]c(=O)c2C(=O)O)cc1. The topological polar surface area (TPSA) is 86.0 Å². The number of hydrogen-bond donors (Lipinski definition) is 3. The summed E-state index contributed by atoms with van der Waals surface area (Å²) in [6.45, 7) is 4.20. The molecule has 0 spiro atoms. The van der Waals surface area contributed by atoms with E-state index in [0.29, 0.717) is 16.5 Å². The summed E-state index contributed by atoms with van der Waals surface area (Å²) < 4.78 is 0. The van der Waals surface area contributed by atoms with Crippen molar-refractivity contribution in [1.82, 2.24) is 10.2 Å².